The van der Waals surface area contributed by atoms with Crippen LogP contribution in [0.2, 0.25) is 0 Å². The molecule has 2 aliphatic heterocycles. The Hall–Kier alpha value is -3.13. The number of hydrogen-bond donors (Lipinski definition) is 1. The molecule has 2 aliphatic rings. The van der Waals surface area contributed by atoms with Crippen molar-refractivity contribution in [3.8, 4) is 0 Å². The maximum absolute atomic E-state index is 12.8. The monoisotopic (exact) mass is 396 g/mol. The van der Waals surface area contributed by atoms with E-state index in [9.17, 15) is 9.59 Å². The third-order valence-corrected chi connectivity index (χ3v) is 5.39. The van der Waals surface area contributed by atoms with Gasteiger partial charge in [-0.05, 0) is 30.7 Å². The second kappa shape index (κ2) is 8.08. The van der Waals surface area contributed by atoms with Gasteiger partial charge in [-0.25, -0.2) is 9.78 Å². The topological polar surface area (TPSA) is 86.2 Å². The zero-order chi connectivity index (χ0) is 20.4. The minimum atomic E-state index is -0.499. The predicted molar refractivity (Wildman–Crippen MR) is 108 cm³/mol. The van der Waals surface area contributed by atoms with Crippen LogP contribution in [0.3, 0.4) is 0 Å². The molecule has 1 N–H and O–H groups in total. The van der Waals surface area contributed by atoms with Crippen molar-refractivity contribution >= 4 is 23.5 Å². The number of ether oxygens (including phenoxy) is 1. The largest absolute Gasteiger partial charge is 0.441 e. The first-order chi connectivity index (χ1) is 14.1. The summed E-state index contributed by atoms with van der Waals surface area (Å²) in [5, 5.41) is 9.16. The molecular weight excluding hydrogens is 372 g/mol. The summed E-state index contributed by atoms with van der Waals surface area (Å²) < 4.78 is 5.06. The van der Waals surface area contributed by atoms with Gasteiger partial charge in [-0.1, -0.05) is 18.2 Å². The number of cyclic esters (lactones) is 1. The summed E-state index contributed by atoms with van der Waals surface area (Å²) >= 11 is 0. The van der Waals surface area contributed by atoms with E-state index in [1.165, 1.54) is 4.90 Å². The van der Waals surface area contributed by atoms with Gasteiger partial charge in [0, 0.05) is 31.7 Å². The number of aliphatic hydroxyl groups is 1. The number of pyridine rings is 1. The lowest BCUT2D eigenvalue weighted by molar-refractivity contribution is 0.0745. The van der Waals surface area contributed by atoms with Gasteiger partial charge in [-0.2, -0.15) is 0 Å². The molecule has 0 unspecified atom stereocenters. The first kappa shape index (κ1) is 19.2. The number of hydrogen-bond acceptors (Lipinski definition) is 6. The molecule has 2 aromatic rings. The summed E-state index contributed by atoms with van der Waals surface area (Å²) in [5.74, 6) is 0.875. The lowest BCUT2D eigenvalue weighted by Crippen LogP contribution is -2.49. The van der Waals surface area contributed by atoms with Gasteiger partial charge in [0.2, 0.25) is 0 Å². The van der Waals surface area contributed by atoms with Crippen LogP contribution in [0.15, 0.2) is 42.6 Å². The van der Waals surface area contributed by atoms with Crippen LogP contribution in [0.1, 0.15) is 15.9 Å². The number of benzene rings is 1. The predicted octanol–water partition coefficient (Wildman–Crippen LogP) is 1.67. The Bertz CT molecular complexity index is 894. The number of amides is 2. The number of nitrogens with zero attached hydrogens (tertiary/aromatic N) is 4. The highest BCUT2D eigenvalue weighted by molar-refractivity contribution is 5.95. The highest BCUT2D eigenvalue weighted by Crippen LogP contribution is 2.23. The first-order valence-corrected chi connectivity index (χ1v) is 9.71. The number of carbonyl (C=O) groups is 2. The van der Waals surface area contributed by atoms with Gasteiger partial charge in [0.15, 0.2) is 0 Å². The molecule has 1 aromatic carbocycles. The summed E-state index contributed by atoms with van der Waals surface area (Å²) in [6.07, 6.45) is 0.671. The van der Waals surface area contributed by atoms with Gasteiger partial charge in [0.05, 0.1) is 25.0 Å². The molecular formula is C21H24N4O4. The Kier molecular flexibility index (Phi) is 5.35. The Balaban J connectivity index is 1.37. The fraction of sp³-hybridized carbons (Fsp3) is 0.381. The lowest BCUT2D eigenvalue weighted by Gasteiger charge is -2.35. The molecule has 2 amide bonds. The normalized spacial score (nSPS) is 19.4. The maximum Gasteiger partial charge on any atom is 0.414 e. The fourth-order valence-corrected chi connectivity index (χ4v) is 3.67. The molecule has 29 heavy (non-hydrogen) atoms. The third-order valence-electron chi connectivity index (χ3n) is 5.39. The van der Waals surface area contributed by atoms with Crippen LogP contribution in [0.25, 0.3) is 0 Å². The van der Waals surface area contributed by atoms with Crippen molar-refractivity contribution in [3.63, 3.8) is 0 Å². The number of anilines is 2. The van der Waals surface area contributed by atoms with E-state index in [0.29, 0.717) is 38.4 Å². The minimum absolute atomic E-state index is 0.0667. The van der Waals surface area contributed by atoms with Crippen LogP contribution < -0.4 is 9.80 Å². The molecule has 3 heterocycles. The minimum Gasteiger partial charge on any atom is -0.441 e. The van der Waals surface area contributed by atoms with Crippen LogP contribution in [0.4, 0.5) is 16.3 Å². The standard InChI is InChI=1S/C21H24N4O4/c1-15-4-2-3-5-18(15)20(27)24-10-8-23(9-11-24)19-7-6-16(12-22-19)25-13-17(14-26)29-21(25)28/h2-7,12,17,26H,8-11,13-14H2,1H3/t17-/m1/s1. The number of piperazine rings is 1. The van der Waals surface area contributed by atoms with Gasteiger partial charge >= 0.3 is 6.09 Å². The average Bonchev–Trinajstić information content (AvgIpc) is 3.15. The molecule has 0 aliphatic carbocycles. The van der Waals surface area contributed by atoms with E-state index in [1.807, 2.05) is 48.2 Å². The molecule has 2 saturated heterocycles. The molecule has 8 heteroatoms. The van der Waals surface area contributed by atoms with Gasteiger partial charge in [0.25, 0.3) is 5.91 Å². The highest BCUT2D eigenvalue weighted by Gasteiger charge is 2.32. The molecule has 1 atom stereocenters. The lowest BCUT2D eigenvalue weighted by atomic mass is 10.1. The van der Waals surface area contributed by atoms with Crippen LogP contribution in [0, 0.1) is 6.92 Å². The van der Waals surface area contributed by atoms with E-state index in [1.54, 1.807) is 6.20 Å². The van der Waals surface area contributed by atoms with E-state index < -0.39 is 12.2 Å². The van der Waals surface area contributed by atoms with Gasteiger partial charge in [-0.3, -0.25) is 9.69 Å². The Morgan fingerprint density at radius 3 is 2.55 bits per heavy atom. The molecule has 0 saturated carbocycles. The molecule has 8 nitrogen and oxygen atoms in total. The van der Waals surface area contributed by atoms with Crippen LogP contribution in [-0.2, 0) is 4.74 Å². The summed E-state index contributed by atoms with van der Waals surface area (Å²) in [5.41, 5.74) is 2.38. The summed E-state index contributed by atoms with van der Waals surface area (Å²) in [6.45, 7) is 4.73. The van der Waals surface area contributed by atoms with E-state index >= 15 is 0 Å². The Morgan fingerprint density at radius 2 is 1.93 bits per heavy atom. The number of aryl methyl sites for hydroxylation is 1. The first-order valence-electron chi connectivity index (χ1n) is 9.71. The summed E-state index contributed by atoms with van der Waals surface area (Å²) in [6, 6.07) is 11.3. The van der Waals surface area contributed by atoms with Crippen molar-refractivity contribution in [2.45, 2.75) is 13.0 Å². The van der Waals surface area contributed by atoms with Gasteiger partial charge in [-0.15, -0.1) is 0 Å². The van der Waals surface area contributed by atoms with Crippen LogP contribution in [-0.4, -0.2) is 72.4 Å². The van der Waals surface area contributed by atoms with Crippen LogP contribution in [0.5, 0.6) is 0 Å². The van der Waals surface area contributed by atoms with Gasteiger partial charge < -0.3 is 19.6 Å². The van der Waals surface area contributed by atoms with E-state index in [0.717, 1.165) is 16.9 Å². The number of aliphatic hydroxyl groups excluding tert-OH is 1. The van der Waals surface area contributed by atoms with Crippen molar-refractivity contribution in [1.29, 1.82) is 0 Å². The molecule has 152 valence electrons. The average molecular weight is 396 g/mol. The van der Waals surface area contributed by atoms with Gasteiger partial charge in [0.1, 0.15) is 11.9 Å². The smallest absolute Gasteiger partial charge is 0.414 e. The summed E-state index contributed by atoms with van der Waals surface area (Å²) in [4.78, 5) is 34.6. The SMILES string of the molecule is Cc1ccccc1C(=O)N1CCN(c2ccc(N3C[C@H](CO)OC3=O)cn2)CC1. The van der Waals surface area contributed by atoms with Crippen LogP contribution >= 0.6 is 0 Å². The Labute approximate surface area is 169 Å². The molecule has 0 radical (unpaired) electrons. The van der Waals surface area contributed by atoms with E-state index in [2.05, 4.69) is 9.88 Å². The molecule has 1 aromatic heterocycles. The summed E-state index contributed by atoms with van der Waals surface area (Å²) in [7, 11) is 0. The van der Waals surface area contributed by atoms with Crippen molar-refractivity contribution in [1.82, 2.24) is 9.88 Å². The maximum atomic E-state index is 12.8. The second-order valence-electron chi connectivity index (χ2n) is 7.27. The highest BCUT2D eigenvalue weighted by atomic mass is 16.6. The van der Waals surface area contributed by atoms with Crippen molar-refractivity contribution in [2.24, 2.45) is 0 Å². The van der Waals surface area contributed by atoms with Crippen molar-refractivity contribution in [3.05, 3.63) is 53.7 Å². The number of aromatic nitrogens is 1. The third kappa shape index (κ3) is 3.88. The second-order valence-corrected chi connectivity index (χ2v) is 7.27. The Morgan fingerprint density at radius 1 is 1.17 bits per heavy atom. The van der Waals surface area contributed by atoms with E-state index in [-0.39, 0.29) is 12.5 Å². The number of carbonyl (C=O) groups excluding carboxylic acids is 2. The zero-order valence-electron chi connectivity index (χ0n) is 16.3. The molecule has 0 spiro atoms. The van der Waals surface area contributed by atoms with E-state index in [4.69, 9.17) is 9.84 Å². The quantitative estimate of drug-likeness (QED) is 0.846. The fourth-order valence-electron chi connectivity index (χ4n) is 3.67. The van der Waals surface area contributed by atoms with Crippen molar-refractivity contribution < 1.29 is 19.4 Å². The molecule has 2 fully saturated rings. The molecule has 4 rings (SSSR count). The van der Waals surface area contributed by atoms with Crippen molar-refractivity contribution in [2.75, 3.05) is 49.1 Å². The zero-order valence-corrected chi connectivity index (χ0v) is 16.3. The molecule has 0 bridgehead atoms. The number of rotatable bonds is 4.